The molecular weight excluding hydrogens is 194 g/mol. The molecule has 0 spiro atoms. The lowest BCUT2D eigenvalue weighted by atomic mass is 10.3. The lowest BCUT2D eigenvalue weighted by Gasteiger charge is -2.03. The summed E-state index contributed by atoms with van der Waals surface area (Å²) in [5.41, 5.74) is 6.00. The van der Waals surface area contributed by atoms with E-state index in [1.807, 2.05) is 4.57 Å². The topological polar surface area (TPSA) is 70.1 Å². The molecule has 0 aliphatic heterocycles. The summed E-state index contributed by atoms with van der Waals surface area (Å²) in [4.78, 5) is 15.2. The van der Waals surface area contributed by atoms with Crippen molar-refractivity contribution in [2.75, 3.05) is 12.8 Å². The van der Waals surface area contributed by atoms with Gasteiger partial charge in [-0.3, -0.25) is 0 Å². The number of rotatable bonds is 4. The monoisotopic (exact) mass is 209 g/mol. The predicted octanol–water partition coefficient (Wildman–Crippen LogP) is 1.05. The first-order chi connectivity index (χ1) is 7.22. The number of nitrogens with two attached hydrogens (primary N) is 1. The van der Waals surface area contributed by atoms with E-state index in [2.05, 4.69) is 9.72 Å². The summed E-state index contributed by atoms with van der Waals surface area (Å²) in [6.45, 7) is 0.834. The minimum atomic E-state index is -0.474. The second-order valence-electron chi connectivity index (χ2n) is 3.90. The Balaban J connectivity index is 2.04. The first kappa shape index (κ1) is 10.0. The number of hydrogen-bond donors (Lipinski definition) is 1. The van der Waals surface area contributed by atoms with Gasteiger partial charge in [-0.25, -0.2) is 9.78 Å². The van der Waals surface area contributed by atoms with Crippen molar-refractivity contribution in [3.63, 3.8) is 0 Å². The van der Waals surface area contributed by atoms with Crippen molar-refractivity contribution in [3.8, 4) is 0 Å². The second kappa shape index (κ2) is 3.92. The van der Waals surface area contributed by atoms with Gasteiger partial charge in [0.1, 0.15) is 5.82 Å². The van der Waals surface area contributed by atoms with Crippen molar-refractivity contribution in [1.82, 2.24) is 9.55 Å². The highest BCUT2D eigenvalue weighted by Gasteiger charge is 2.22. The third kappa shape index (κ3) is 2.11. The summed E-state index contributed by atoms with van der Waals surface area (Å²) >= 11 is 0. The Morgan fingerprint density at radius 1 is 1.73 bits per heavy atom. The molecule has 0 unspecified atom stereocenters. The van der Waals surface area contributed by atoms with Gasteiger partial charge < -0.3 is 15.0 Å². The van der Waals surface area contributed by atoms with E-state index in [4.69, 9.17) is 5.73 Å². The van der Waals surface area contributed by atoms with Crippen LogP contribution in [0.4, 0.5) is 5.82 Å². The van der Waals surface area contributed by atoms with Gasteiger partial charge in [-0.1, -0.05) is 12.8 Å². The number of anilines is 1. The average molecular weight is 209 g/mol. The Bertz CT molecular complexity index is 369. The number of imidazole rings is 1. The highest BCUT2D eigenvalue weighted by Crippen LogP contribution is 2.33. The molecule has 1 aromatic heterocycles. The van der Waals surface area contributed by atoms with Crippen molar-refractivity contribution in [2.45, 2.75) is 25.8 Å². The number of ether oxygens (including phenoxy) is 1. The lowest BCUT2D eigenvalue weighted by Crippen LogP contribution is -2.08. The van der Waals surface area contributed by atoms with E-state index in [1.165, 1.54) is 20.0 Å². The van der Waals surface area contributed by atoms with E-state index < -0.39 is 5.97 Å². The zero-order chi connectivity index (χ0) is 10.8. The van der Waals surface area contributed by atoms with Gasteiger partial charge in [0.2, 0.25) is 0 Å². The number of carbonyl (C=O) groups is 1. The van der Waals surface area contributed by atoms with Crippen LogP contribution in [0.3, 0.4) is 0 Å². The molecule has 1 aromatic rings. The molecule has 0 radical (unpaired) electrons. The molecule has 0 aromatic carbocycles. The van der Waals surface area contributed by atoms with Crippen LogP contribution in [-0.4, -0.2) is 22.6 Å². The lowest BCUT2D eigenvalue weighted by molar-refractivity contribution is 0.0596. The molecule has 1 heterocycles. The van der Waals surface area contributed by atoms with Gasteiger partial charge in [-0.2, -0.15) is 0 Å². The normalized spacial score (nSPS) is 15.3. The van der Waals surface area contributed by atoms with Crippen LogP contribution in [0.1, 0.15) is 29.8 Å². The fraction of sp³-hybridized carbons (Fsp3) is 0.600. The van der Waals surface area contributed by atoms with Crippen LogP contribution in [0.25, 0.3) is 0 Å². The van der Waals surface area contributed by atoms with Crippen LogP contribution in [0, 0.1) is 5.92 Å². The maximum Gasteiger partial charge on any atom is 0.360 e. The summed E-state index contributed by atoms with van der Waals surface area (Å²) in [5, 5.41) is 0. The number of hydrogen-bond acceptors (Lipinski definition) is 4. The number of carbonyl (C=O) groups excluding carboxylic acids is 1. The molecule has 5 heteroatoms. The molecule has 82 valence electrons. The second-order valence-corrected chi connectivity index (χ2v) is 3.90. The minimum absolute atomic E-state index is 0.216. The van der Waals surface area contributed by atoms with Crippen LogP contribution in [-0.2, 0) is 11.3 Å². The van der Waals surface area contributed by atoms with Gasteiger partial charge in [0.25, 0.3) is 0 Å². The molecule has 0 saturated heterocycles. The van der Waals surface area contributed by atoms with E-state index in [-0.39, 0.29) is 5.69 Å². The molecule has 1 fully saturated rings. The largest absolute Gasteiger partial charge is 0.464 e. The third-order valence-corrected chi connectivity index (χ3v) is 2.73. The maximum absolute atomic E-state index is 11.2. The standard InChI is InChI=1S/C10H15N3O2/c1-15-10(14)8-9(11)13(6-12-8)5-4-7-2-3-7/h6-7H,2-5,11H2,1H3. The third-order valence-electron chi connectivity index (χ3n) is 2.73. The minimum Gasteiger partial charge on any atom is -0.464 e. The van der Waals surface area contributed by atoms with Crippen LogP contribution >= 0.6 is 0 Å². The quantitative estimate of drug-likeness (QED) is 0.752. The molecule has 0 amide bonds. The highest BCUT2D eigenvalue weighted by molar-refractivity contribution is 5.91. The van der Waals surface area contributed by atoms with Gasteiger partial charge in [0.15, 0.2) is 5.69 Å². The Morgan fingerprint density at radius 3 is 3.07 bits per heavy atom. The van der Waals surface area contributed by atoms with E-state index >= 15 is 0 Å². The maximum atomic E-state index is 11.2. The molecule has 1 aliphatic carbocycles. The van der Waals surface area contributed by atoms with E-state index in [9.17, 15) is 4.79 Å². The summed E-state index contributed by atoms with van der Waals surface area (Å²) in [7, 11) is 1.32. The summed E-state index contributed by atoms with van der Waals surface area (Å²) in [6.07, 6.45) is 5.35. The molecule has 2 N–H and O–H groups in total. The molecule has 0 bridgehead atoms. The Morgan fingerprint density at radius 2 is 2.47 bits per heavy atom. The number of aryl methyl sites for hydroxylation is 1. The van der Waals surface area contributed by atoms with Crippen LogP contribution < -0.4 is 5.73 Å². The number of nitrogen functional groups attached to an aromatic ring is 1. The van der Waals surface area contributed by atoms with Crippen LogP contribution in [0.5, 0.6) is 0 Å². The first-order valence-corrected chi connectivity index (χ1v) is 5.11. The van der Waals surface area contributed by atoms with Crippen molar-refractivity contribution in [2.24, 2.45) is 5.92 Å². The smallest absolute Gasteiger partial charge is 0.360 e. The Hall–Kier alpha value is -1.52. The van der Waals surface area contributed by atoms with Gasteiger partial charge in [-0.05, 0) is 12.3 Å². The predicted molar refractivity (Wildman–Crippen MR) is 55.3 cm³/mol. The number of aromatic nitrogens is 2. The van der Waals surface area contributed by atoms with Crippen molar-refractivity contribution < 1.29 is 9.53 Å². The SMILES string of the molecule is COC(=O)c1ncn(CCC2CC2)c1N. The molecule has 5 nitrogen and oxygen atoms in total. The zero-order valence-electron chi connectivity index (χ0n) is 8.77. The highest BCUT2D eigenvalue weighted by atomic mass is 16.5. The van der Waals surface area contributed by atoms with Gasteiger partial charge in [-0.15, -0.1) is 0 Å². The van der Waals surface area contributed by atoms with Gasteiger partial charge in [0, 0.05) is 6.54 Å². The Kier molecular flexibility index (Phi) is 2.62. The van der Waals surface area contributed by atoms with Crippen LogP contribution in [0.15, 0.2) is 6.33 Å². The number of methoxy groups -OCH3 is 1. The molecular formula is C10H15N3O2. The summed E-state index contributed by atoms with van der Waals surface area (Å²) in [5.74, 6) is 0.772. The van der Waals surface area contributed by atoms with Crippen molar-refractivity contribution >= 4 is 11.8 Å². The van der Waals surface area contributed by atoms with Crippen LogP contribution in [0.2, 0.25) is 0 Å². The van der Waals surface area contributed by atoms with E-state index in [1.54, 1.807) is 6.33 Å². The van der Waals surface area contributed by atoms with Gasteiger partial charge in [0.05, 0.1) is 13.4 Å². The molecule has 1 saturated carbocycles. The zero-order valence-corrected chi connectivity index (χ0v) is 8.77. The summed E-state index contributed by atoms with van der Waals surface area (Å²) in [6, 6.07) is 0. The van der Waals surface area contributed by atoms with Gasteiger partial charge >= 0.3 is 5.97 Å². The number of nitrogens with zero attached hydrogens (tertiary/aromatic N) is 2. The fourth-order valence-electron chi connectivity index (χ4n) is 1.55. The summed E-state index contributed by atoms with van der Waals surface area (Å²) < 4.78 is 6.38. The fourth-order valence-corrected chi connectivity index (χ4v) is 1.55. The molecule has 0 atom stereocenters. The Labute approximate surface area is 88.2 Å². The first-order valence-electron chi connectivity index (χ1n) is 5.11. The average Bonchev–Trinajstić information content (AvgIpc) is 3.00. The van der Waals surface area contributed by atoms with Crippen molar-refractivity contribution in [3.05, 3.63) is 12.0 Å². The molecule has 2 rings (SSSR count). The number of esters is 1. The van der Waals surface area contributed by atoms with E-state index in [0.29, 0.717) is 5.82 Å². The molecule has 1 aliphatic rings. The molecule has 15 heavy (non-hydrogen) atoms. The van der Waals surface area contributed by atoms with Crippen molar-refractivity contribution in [1.29, 1.82) is 0 Å². The van der Waals surface area contributed by atoms with E-state index in [0.717, 1.165) is 18.9 Å².